The molecule has 0 atom stereocenters. The first-order valence-corrected chi connectivity index (χ1v) is 8.04. The predicted octanol–water partition coefficient (Wildman–Crippen LogP) is 3.39. The first kappa shape index (κ1) is 16.4. The van der Waals surface area contributed by atoms with E-state index >= 15 is 0 Å². The molecular formula is C16H17ClN4O3. The Morgan fingerprint density at radius 3 is 2.79 bits per heavy atom. The highest BCUT2D eigenvalue weighted by atomic mass is 35.5. The molecule has 0 bridgehead atoms. The molecule has 0 unspecified atom stereocenters. The lowest BCUT2D eigenvalue weighted by Gasteiger charge is -2.32. The molecule has 0 N–H and O–H groups in total. The van der Waals surface area contributed by atoms with Gasteiger partial charge in [-0.3, -0.25) is 15.1 Å². The summed E-state index contributed by atoms with van der Waals surface area (Å²) < 4.78 is 5.89. The van der Waals surface area contributed by atoms with Crippen LogP contribution in [0.25, 0.3) is 0 Å². The van der Waals surface area contributed by atoms with Gasteiger partial charge in [0.2, 0.25) is 5.82 Å². The van der Waals surface area contributed by atoms with Crippen LogP contribution in [0.4, 0.5) is 11.5 Å². The SMILES string of the molecule is Cc1ccnc(N2CCC(Oc3cncc(Cl)c3)CC2)c1[N+](=O)[O-]. The zero-order chi connectivity index (χ0) is 17.1. The Hall–Kier alpha value is -2.41. The van der Waals surface area contributed by atoms with Gasteiger partial charge in [-0.25, -0.2) is 4.98 Å². The van der Waals surface area contributed by atoms with Gasteiger partial charge in [-0.15, -0.1) is 0 Å². The molecule has 0 radical (unpaired) electrons. The van der Waals surface area contributed by atoms with Crippen LogP contribution in [0.3, 0.4) is 0 Å². The molecule has 3 heterocycles. The lowest BCUT2D eigenvalue weighted by atomic mass is 10.1. The second-order valence-electron chi connectivity index (χ2n) is 5.70. The Balaban J connectivity index is 1.67. The van der Waals surface area contributed by atoms with Gasteiger partial charge in [-0.1, -0.05) is 11.6 Å². The van der Waals surface area contributed by atoms with Crippen LogP contribution < -0.4 is 9.64 Å². The van der Waals surface area contributed by atoms with E-state index in [0.29, 0.717) is 35.2 Å². The van der Waals surface area contributed by atoms with E-state index in [1.54, 1.807) is 37.6 Å². The van der Waals surface area contributed by atoms with Crippen molar-refractivity contribution in [3.05, 3.63) is 51.4 Å². The lowest BCUT2D eigenvalue weighted by molar-refractivity contribution is -0.384. The molecule has 8 heteroatoms. The second kappa shape index (κ2) is 7.00. The number of hydrogen-bond donors (Lipinski definition) is 0. The highest BCUT2D eigenvalue weighted by Crippen LogP contribution is 2.31. The quantitative estimate of drug-likeness (QED) is 0.622. The number of pyridine rings is 2. The van der Waals surface area contributed by atoms with E-state index in [1.807, 2.05) is 4.90 Å². The van der Waals surface area contributed by atoms with E-state index in [4.69, 9.17) is 16.3 Å². The molecule has 2 aromatic rings. The molecule has 3 rings (SSSR count). The number of nitrogens with zero attached hydrogens (tertiary/aromatic N) is 4. The third kappa shape index (κ3) is 3.56. The summed E-state index contributed by atoms with van der Waals surface area (Å²) in [5, 5.41) is 11.8. The molecule has 1 saturated heterocycles. The van der Waals surface area contributed by atoms with Gasteiger partial charge >= 0.3 is 5.69 Å². The molecule has 24 heavy (non-hydrogen) atoms. The smallest absolute Gasteiger partial charge is 0.314 e. The number of ether oxygens (including phenoxy) is 1. The minimum Gasteiger partial charge on any atom is -0.489 e. The largest absolute Gasteiger partial charge is 0.489 e. The Labute approximate surface area is 144 Å². The van der Waals surface area contributed by atoms with Crippen LogP contribution in [0.1, 0.15) is 18.4 Å². The Morgan fingerprint density at radius 1 is 1.38 bits per heavy atom. The molecular weight excluding hydrogens is 332 g/mol. The van der Waals surface area contributed by atoms with Gasteiger partial charge in [0.25, 0.3) is 0 Å². The number of aromatic nitrogens is 2. The first-order chi connectivity index (χ1) is 11.5. The minimum absolute atomic E-state index is 0.0328. The van der Waals surface area contributed by atoms with Crippen LogP contribution in [-0.4, -0.2) is 34.1 Å². The van der Waals surface area contributed by atoms with E-state index in [2.05, 4.69) is 9.97 Å². The van der Waals surface area contributed by atoms with Crippen molar-refractivity contribution in [1.82, 2.24) is 9.97 Å². The van der Waals surface area contributed by atoms with Crippen molar-refractivity contribution in [1.29, 1.82) is 0 Å². The molecule has 7 nitrogen and oxygen atoms in total. The molecule has 0 spiro atoms. The highest BCUT2D eigenvalue weighted by molar-refractivity contribution is 6.30. The zero-order valence-electron chi connectivity index (χ0n) is 13.2. The van der Waals surface area contributed by atoms with Crippen molar-refractivity contribution < 1.29 is 9.66 Å². The van der Waals surface area contributed by atoms with Crippen molar-refractivity contribution in [3.8, 4) is 5.75 Å². The van der Waals surface area contributed by atoms with Crippen LogP contribution >= 0.6 is 11.6 Å². The molecule has 2 aromatic heterocycles. The fourth-order valence-electron chi connectivity index (χ4n) is 2.83. The van der Waals surface area contributed by atoms with Gasteiger partial charge < -0.3 is 9.64 Å². The first-order valence-electron chi connectivity index (χ1n) is 7.67. The maximum atomic E-state index is 11.3. The molecule has 0 amide bonds. The van der Waals surface area contributed by atoms with Crippen molar-refractivity contribution >= 4 is 23.1 Å². The number of piperidine rings is 1. The zero-order valence-corrected chi connectivity index (χ0v) is 13.9. The van der Waals surface area contributed by atoms with Crippen molar-refractivity contribution in [2.75, 3.05) is 18.0 Å². The van der Waals surface area contributed by atoms with Gasteiger partial charge in [-0.2, -0.15) is 0 Å². The number of rotatable bonds is 4. The predicted molar refractivity (Wildman–Crippen MR) is 90.7 cm³/mol. The summed E-state index contributed by atoms with van der Waals surface area (Å²) in [5.74, 6) is 1.07. The molecule has 1 fully saturated rings. The maximum Gasteiger partial charge on any atom is 0.314 e. The summed E-state index contributed by atoms with van der Waals surface area (Å²) in [5.41, 5.74) is 0.698. The van der Waals surface area contributed by atoms with E-state index in [1.165, 1.54) is 0 Å². The fourth-order valence-corrected chi connectivity index (χ4v) is 2.99. The molecule has 1 aliphatic heterocycles. The normalized spacial score (nSPS) is 15.3. The summed E-state index contributed by atoms with van der Waals surface area (Å²) in [7, 11) is 0. The van der Waals surface area contributed by atoms with Gasteiger partial charge in [0.05, 0.1) is 16.1 Å². The van der Waals surface area contributed by atoms with Crippen LogP contribution in [0.15, 0.2) is 30.7 Å². The Kier molecular flexibility index (Phi) is 4.80. The molecule has 0 saturated carbocycles. The van der Waals surface area contributed by atoms with E-state index in [-0.39, 0.29) is 16.7 Å². The molecule has 0 aliphatic carbocycles. The average molecular weight is 349 g/mol. The van der Waals surface area contributed by atoms with Crippen LogP contribution in [0.5, 0.6) is 5.75 Å². The second-order valence-corrected chi connectivity index (χ2v) is 6.14. The van der Waals surface area contributed by atoms with Gasteiger partial charge in [0, 0.05) is 50.0 Å². The third-order valence-electron chi connectivity index (χ3n) is 4.01. The summed E-state index contributed by atoms with van der Waals surface area (Å²) in [6, 6.07) is 3.39. The van der Waals surface area contributed by atoms with E-state index in [0.717, 1.165) is 12.8 Å². The van der Waals surface area contributed by atoms with Gasteiger partial charge in [0.1, 0.15) is 11.9 Å². The number of hydrogen-bond acceptors (Lipinski definition) is 6. The van der Waals surface area contributed by atoms with E-state index in [9.17, 15) is 10.1 Å². The standard InChI is InChI=1S/C16H17ClN4O3/c1-11-2-5-19-16(15(11)21(22)23)20-6-3-13(4-7-20)24-14-8-12(17)9-18-10-14/h2,5,8-10,13H,3-4,6-7H2,1H3. The number of halogens is 1. The Morgan fingerprint density at radius 2 is 2.12 bits per heavy atom. The summed E-state index contributed by atoms with van der Waals surface area (Å²) in [6.07, 6.45) is 6.33. The van der Waals surface area contributed by atoms with Crippen molar-refractivity contribution in [2.45, 2.75) is 25.9 Å². The molecule has 1 aliphatic rings. The summed E-state index contributed by atoms with van der Waals surface area (Å²) in [6.45, 7) is 3.03. The molecule has 0 aromatic carbocycles. The monoisotopic (exact) mass is 348 g/mol. The van der Waals surface area contributed by atoms with Crippen LogP contribution in [0, 0.1) is 17.0 Å². The summed E-state index contributed by atoms with van der Waals surface area (Å²) in [4.78, 5) is 21.1. The summed E-state index contributed by atoms with van der Waals surface area (Å²) >= 11 is 5.90. The maximum absolute atomic E-state index is 11.3. The number of anilines is 1. The van der Waals surface area contributed by atoms with Gasteiger partial charge in [0.15, 0.2) is 0 Å². The number of nitro groups is 1. The van der Waals surface area contributed by atoms with Crippen LogP contribution in [-0.2, 0) is 0 Å². The topological polar surface area (TPSA) is 81.4 Å². The average Bonchev–Trinajstić information content (AvgIpc) is 2.55. The van der Waals surface area contributed by atoms with Crippen molar-refractivity contribution in [3.63, 3.8) is 0 Å². The fraction of sp³-hybridized carbons (Fsp3) is 0.375. The number of aryl methyl sites for hydroxylation is 1. The molecule has 126 valence electrons. The van der Waals surface area contributed by atoms with Crippen molar-refractivity contribution in [2.24, 2.45) is 0 Å². The van der Waals surface area contributed by atoms with E-state index < -0.39 is 0 Å². The Bertz CT molecular complexity index is 748. The van der Waals surface area contributed by atoms with Gasteiger partial charge in [-0.05, 0) is 13.0 Å². The van der Waals surface area contributed by atoms with Crippen LogP contribution in [0.2, 0.25) is 5.02 Å². The highest BCUT2D eigenvalue weighted by Gasteiger charge is 2.28. The third-order valence-corrected chi connectivity index (χ3v) is 4.22. The minimum atomic E-state index is -0.363. The lowest BCUT2D eigenvalue weighted by Crippen LogP contribution is -2.39.